The molecule has 3 N–H and O–H groups in total. The molecule has 0 saturated carbocycles. The summed E-state index contributed by atoms with van der Waals surface area (Å²) in [6.45, 7) is 2.81. The van der Waals surface area contributed by atoms with Crippen LogP contribution in [0.4, 0.5) is 10.1 Å². The van der Waals surface area contributed by atoms with Gasteiger partial charge in [0, 0.05) is 50.0 Å². The summed E-state index contributed by atoms with van der Waals surface area (Å²) in [7, 11) is 1.72. The Hall–Kier alpha value is -2.80. The van der Waals surface area contributed by atoms with Crippen molar-refractivity contribution in [3.05, 3.63) is 64.9 Å². The minimum atomic E-state index is -0.335. The van der Waals surface area contributed by atoms with Gasteiger partial charge in [0.2, 0.25) is 5.91 Å². The van der Waals surface area contributed by atoms with Gasteiger partial charge in [-0.2, -0.15) is 0 Å². The number of amides is 1. The van der Waals surface area contributed by atoms with Crippen molar-refractivity contribution in [2.75, 3.05) is 38.1 Å². The van der Waals surface area contributed by atoms with E-state index in [1.165, 1.54) is 12.1 Å². The molecule has 0 spiro atoms. The van der Waals surface area contributed by atoms with Gasteiger partial charge in [-0.25, -0.2) is 4.39 Å². The Morgan fingerprint density at radius 1 is 1.20 bits per heavy atom. The number of carbonyl (C=O) groups is 1. The molecular formula is C22H27ClFN5O. The molecule has 1 atom stereocenters. The third kappa shape index (κ3) is 6.62. The molecule has 6 nitrogen and oxygen atoms in total. The van der Waals surface area contributed by atoms with Crippen molar-refractivity contribution in [2.45, 2.75) is 18.9 Å². The van der Waals surface area contributed by atoms with Crippen LogP contribution < -0.4 is 20.9 Å². The first-order valence-electron chi connectivity index (χ1n) is 10.0. The van der Waals surface area contributed by atoms with Crippen LogP contribution in [0.2, 0.25) is 5.02 Å². The lowest BCUT2D eigenvalue weighted by Gasteiger charge is -2.20. The molecule has 2 aromatic rings. The lowest BCUT2D eigenvalue weighted by molar-refractivity contribution is -0.120. The van der Waals surface area contributed by atoms with Crippen molar-refractivity contribution in [2.24, 2.45) is 4.99 Å². The summed E-state index contributed by atoms with van der Waals surface area (Å²) >= 11 is 6.09. The van der Waals surface area contributed by atoms with E-state index in [0.29, 0.717) is 24.6 Å². The van der Waals surface area contributed by atoms with E-state index < -0.39 is 0 Å². The molecule has 1 aliphatic rings. The number of nitrogens with one attached hydrogen (secondary N) is 3. The van der Waals surface area contributed by atoms with Crippen LogP contribution in [0.25, 0.3) is 0 Å². The molecule has 1 saturated heterocycles. The van der Waals surface area contributed by atoms with Crippen LogP contribution in [0.3, 0.4) is 0 Å². The van der Waals surface area contributed by atoms with Gasteiger partial charge in [-0.15, -0.1) is 0 Å². The Morgan fingerprint density at radius 3 is 2.77 bits per heavy atom. The first-order valence-corrected chi connectivity index (χ1v) is 10.4. The fraction of sp³-hybridized carbons (Fsp3) is 0.364. The molecule has 1 fully saturated rings. The van der Waals surface area contributed by atoms with Crippen LogP contribution in [0.15, 0.2) is 53.5 Å². The van der Waals surface area contributed by atoms with Crippen molar-refractivity contribution in [1.29, 1.82) is 0 Å². The highest BCUT2D eigenvalue weighted by Crippen LogP contribution is 2.23. The maximum atomic E-state index is 13.2. The summed E-state index contributed by atoms with van der Waals surface area (Å²) in [5, 5.41) is 10.2. The van der Waals surface area contributed by atoms with Gasteiger partial charge in [0.05, 0.1) is 6.42 Å². The number of hydrogen-bond donors (Lipinski definition) is 3. The molecule has 0 radical (unpaired) electrons. The largest absolute Gasteiger partial charge is 0.369 e. The van der Waals surface area contributed by atoms with E-state index in [1.54, 1.807) is 19.2 Å². The van der Waals surface area contributed by atoms with Gasteiger partial charge in [-0.1, -0.05) is 29.8 Å². The summed E-state index contributed by atoms with van der Waals surface area (Å²) in [5.41, 5.74) is 1.78. The molecule has 30 heavy (non-hydrogen) atoms. The molecule has 3 rings (SSSR count). The van der Waals surface area contributed by atoms with Gasteiger partial charge in [-0.3, -0.25) is 9.79 Å². The highest BCUT2D eigenvalue weighted by atomic mass is 35.5. The number of benzene rings is 2. The van der Waals surface area contributed by atoms with Gasteiger partial charge >= 0.3 is 0 Å². The monoisotopic (exact) mass is 431 g/mol. The number of hydrogen-bond acceptors (Lipinski definition) is 3. The SMILES string of the molecule is CN=C(NCCNC(=O)Cc1cccc(F)c1)NC1CCN(c2cccc(Cl)c2)C1. The van der Waals surface area contributed by atoms with Crippen LogP contribution in [-0.4, -0.2) is 51.1 Å². The Balaban J connectivity index is 1.36. The molecule has 1 amide bonds. The molecule has 1 unspecified atom stereocenters. The van der Waals surface area contributed by atoms with Crippen molar-refractivity contribution < 1.29 is 9.18 Å². The van der Waals surface area contributed by atoms with E-state index in [9.17, 15) is 9.18 Å². The zero-order valence-electron chi connectivity index (χ0n) is 17.0. The third-order valence-corrected chi connectivity index (χ3v) is 5.15. The number of nitrogens with zero attached hydrogens (tertiary/aromatic N) is 2. The number of anilines is 1. The normalized spacial score (nSPS) is 16.4. The average molecular weight is 432 g/mol. The standard InChI is InChI=1S/C22H27ClFN5O/c1-25-22(27-10-9-26-21(30)13-16-4-2-6-18(24)12-16)28-19-8-11-29(15-19)20-7-3-5-17(23)14-20/h2-7,12,14,19H,8-11,13,15H2,1H3,(H,26,30)(H2,25,27,28). The first kappa shape index (κ1) is 21.9. The quantitative estimate of drug-likeness (QED) is 0.358. The highest BCUT2D eigenvalue weighted by molar-refractivity contribution is 6.30. The summed E-state index contributed by atoms with van der Waals surface area (Å²) < 4.78 is 13.2. The number of aliphatic imine (C=N–C) groups is 1. The predicted octanol–water partition coefficient (Wildman–Crippen LogP) is 2.58. The Morgan fingerprint density at radius 2 is 2.00 bits per heavy atom. The number of guanidine groups is 1. The Labute approximate surface area is 181 Å². The van der Waals surface area contributed by atoms with Crippen LogP contribution in [0.5, 0.6) is 0 Å². The first-order chi connectivity index (χ1) is 14.5. The summed E-state index contributed by atoms with van der Waals surface area (Å²) in [6, 6.07) is 14.2. The lowest BCUT2D eigenvalue weighted by atomic mass is 10.1. The lowest BCUT2D eigenvalue weighted by Crippen LogP contribution is -2.46. The maximum absolute atomic E-state index is 13.2. The van der Waals surface area contributed by atoms with Crippen molar-refractivity contribution >= 4 is 29.2 Å². The molecule has 0 bridgehead atoms. The van der Waals surface area contributed by atoms with Gasteiger partial charge in [-0.05, 0) is 42.3 Å². The average Bonchev–Trinajstić information content (AvgIpc) is 3.19. The zero-order chi connectivity index (χ0) is 21.3. The van der Waals surface area contributed by atoms with Gasteiger partial charge in [0.15, 0.2) is 5.96 Å². The minimum absolute atomic E-state index is 0.140. The van der Waals surface area contributed by atoms with Gasteiger partial charge in [0.1, 0.15) is 5.82 Å². The summed E-state index contributed by atoms with van der Waals surface area (Å²) in [4.78, 5) is 18.5. The number of rotatable bonds is 7. The fourth-order valence-corrected chi connectivity index (χ4v) is 3.64. The Bertz CT molecular complexity index is 891. The molecule has 0 aromatic heterocycles. The van der Waals surface area contributed by atoms with E-state index >= 15 is 0 Å². The zero-order valence-corrected chi connectivity index (χ0v) is 17.8. The van der Waals surface area contributed by atoms with Crippen LogP contribution >= 0.6 is 11.6 Å². The molecule has 1 heterocycles. The predicted molar refractivity (Wildman–Crippen MR) is 120 cm³/mol. The second kappa shape index (κ2) is 10.8. The maximum Gasteiger partial charge on any atom is 0.224 e. The topological polar surface area (TPSA) is 68.8 Å². The van der Waals surface area contributed by atoms with E-state index in [4.69, 9.17) is 11.6 Å². The van der Waals surface area contributed by atoms with Gasteiger partial charge in [0.25, 0.3) is 0 Å². The van der Waals surface area contributed by atoms with Crippen molar-refractivity contribution in [3.8, 4) is 0 Å². The second-order valence-electron chi connectivity index (χ2n) is 7.21. The molecule has 2 aromatic carbocycles. The molecule has 1 aliphatic heterocycles. The molecular weight excluding hydrogens is 405 g/mol. The second-order valence-corrected chi connectivity index (χ2v) is 7.65. The summed E-state index contributed by atoms with van der Waals surface area (Å²) in [6.07, 6.45) is 1.16. The smallest absolute Gasteiger partial charge is 0.224 e. The van der Waals surface area contributed by atoms with Gasteiger partial charge < -0.3 is 20.9 Å². The highest BCUT2D eigenvalue weighted by Gasteiger charge is 2.23. The minimum Gasteiger partial charge on any atom is -0.369 e. The van der Waals surface area contributed by atoms with Crippen molar-refractivity contribution in [3.63, 3.8) is 0 Å². The third-order valence-electron chi connectivity index (χ3n) is 4.92. The van der Waals surface area contributed by atoms with E-state index in [1.807, 2.05) is 18.2 Å². The van der Waals surface area contributed by atoms with Crippen LogP contribution in [-0.2, 0) is 11.2 Å². The van der Waals surface area contributed by atoms with E-state index in [2.05, 4.69) is 31.9 Å². The molecule has 8 heteroatoms. The fourth-order valence-electron chi connectivity index (χ4n) is 3.45. The molecule has 0 aliphatic carbocycles. The van der Waals surface area contributed by atoms with E-state index in [0.717, 1.165) is 30.2 Å². The van der Waals surface area contributed by atoms with Crippen LogP contribution in [0.1, 0.15) is 12.0 Å². The van der Waals surface area contributed by atoms with E-state index in [-0.39, 0.29) is 24.2 Å². The van der Waals surface area contributed by atoms with Crippen LogP contribution in [0, 0.1) is 5.82 Å². The summed E-state index contributed by atoms with van der Waals surface area (Å²) in [5.74, 6) is 0.225. The Kier molecular flexibility index (Phi) is 7.90. The number of carbonyl (C=O) groups excluding carboxylic acids is 1. The van der Waals surface area contributed by atoms with Crippen molar-refractivity contribution in [1.82, 2.24) is 16.0 Å². The molecule has 160 valence electrons. The number of halogens is 2.